The third-order valence-electron chi connectivity index (χ3n) is 3.32. The minimum absolute atomic E-state index is 0.0530. The number of hydrogen-bond acceptors (Lipinski definition) is 3. The Hall–Kier alpha value is -1.36. The molecular weight excluding hydrogens is 216 g/mol. The summed E-state index contributed by atoms with van der Waals surface area (Å²) in [5.41, 5.74) is 1.47. The molecule has 17 heavy (non-hydrogen) atoms. The number of aromatic amines is 1. The second kappa shape index (κ2) is 5.31. The van der Waals surface area contributed by atoms with E-state index >= 15 is 0 Å². The van der Waals surface area contributed by atoms with E-state index < -0.39 is 0 Å². The molecule has 1 saturated heterocycles. The lowest BCUT2D eigenvalue weighted by Crippen LogP contribution is -2.40. The summed E-state index contributed by atoms with van der Waals surface area (Å²) in [5, 5.41) is 10.0. The molecular formula is C12H20N4O. The minimum Gasteiger partial charge on any atom is -0.337 e. The van der Waals surface area contributed by atoms with Crippen molar-refractivity contribution in [3.63, 3.8) is 0 Å². The molecule has 0 saturated carbocycles. The summed E-state index contributed by atoms with van der Waals surface area (Å²) in [6.45, 7) is 4.64. The third kappa shape index (κ3) is 2.85. The van der Waals surface area contributed by atoms with Gasteiger partial charge in [0.2, 0.25) is 0 Å². The van der Waals surface area contributed by atoms with Gasteiger partial charge in [-0.25, -0.2) is 0 Å². The van der Waals surface area contributed by atoms with E-state index in [4.69, 9.17) is 0 Å². The molecule has 0 spiro atoms. The van der Waals surface area contributed by atoms with E-state index in [0.717, 1.165) is 38.2 Å². The second-order valence-corrected chi connectivity index (χ2v) is 4.73. The highest BCUT2D eigenvalue weighted by molar-refractivity contribution is 5.92. The molecule has 5 heteroatoms. The number of likely N-dealkylation sites (tertiary alicyclic amines) is 1. The lowest BCUT2D eigenvalue weighted by atomic mass is 9.96. The van der Waals surface area contributed by atoms with Gasteiger partial charge >= 0.3 is 0 Å². The van der Waals surface area contributed by atoms with Crippen LogP contribution in [-0.4, -0.2) is 47.7 Å². The number of rotatable bonds is 3. The maximum Gasteiger partial charge on any atom is 0.274 e. The highest BCUT2D eigenvalue weighted by Crippen LogP contribution is 2.17. The Balaban J connectivity index is 1.90. The Morgan fingerprint density at radius 3 is 2.82 bits per heavy atom. The van der Waals surface area contributed by atoms with Gasteiger partial charge in [0.05, 0.1) is 0 Å². The zero-order chi connectivity index (χ0) is 12.3. The van der Waals surface area contributed by atoms with Crippen molar-refractivity contribution in [3.8, 4) is 0 Å². The van der Waals surface area contributed by atoms with Crippen LogP contribution >= 0.6 is 0 Å². The zero-order valence-electron chi connectivity index (χ0n) is 10.5. The van der Waals surface area contributed by atoms with Crippen molar-refractivity contribution in [2.75, 3.05) is 26.7 Å². The molecule has 0 bridgehead atoms. The Bertz CT molecular complexity index is 380. The average Bonchev–Trinajstić information content (AvgIpc) is 2.76. The van der Waals surface area contributed by atoms with Crippen molar-refractivity contribution in [1.82, 2.24) is 20.4 Å². The van der Waals surface area contributed by atoms with Gasteiger partial charge in [-0.15, -0.1) is 0 Å². The molecule has 2 rings (SSSR count). The molecule has 1 amide bonds. The van der Waals surface area contributed by atoms with Crippen LogP contribution in [-0.2, 0) is 0 Å². The Labute approximate surface area is 102 Å². The number of amides is 1. The first-order chi connectivity index (χ1) is 8.20. The summed E-state index contributed by atoms with van der Waals surface area (Å²) in [6.07, 6.45) is 2.16. The predicted octanol–water partition coefficient (Wildman–Crippen LogP) is 0.790. The number of piperidine rings is 1. The fourth-order valence-electron chi connectivity index (χ4n) is 2.32. The number of carbonyl (C=O) groups is 1. The highest BCUT2D eigenvalue weighted by Gasteiger charge is 2.24. The fourth-order valence-corrected chi connectivity index (χ4v) is 2.32. The maximum atomic E-state index is 12.1. The lowest BCUT2D eigenvalue weighted by Gasteiger charge is -2.31. The van der Waals surface area contributed by atoms with Gasteiger partial charge in [-0.2, -0.15) is 5.10 Å². The summed E-state index contributed by atoms with van der Waals surface area (Å²) >= 11 is 0. The third-order valence-corrected chi connectivity index (χ3v) is 3.32. The second-order valence-electron chi connectivity index (χ2n) is 4.73. The van der Waals surface area contributed by atoms with Gasteiger partial charge in [0.15, 0.2) is 0 Å². The Morgan fingerprint density at radius 2 is 2.29 bits per heavy atom. The summed E-state index contributed by atoms with van der Waals surface area (Å²) < 4.78 is 0. The normalized spacial score (nSPS) is 17.4. The van der Waals surface area contributed by atoms with Crippen molar-refractivity contribution in [2.24, 2.45) is 5.92 Å². The first-order valence-electron chi connectivity index (χ1n) is 6.16. The molecule has 0 atom stereocenters. The molecule has 0 aliphatic carbocycles. The van der Waals surface area contributed by atoms with E-state index in [-0.39, 0.29) is 5.91 Å². The molecule has 0 aromatic carbocycles. The smallest absolute Gasteiger partial charge is 0.274 e. The minimum atomic E-state index is 0.0530. The van der Waals surface area contributed by atoms with E-state index in [1.54, 1.807) is 0 Å². The molecule has 1 aromatic heterocycles. The van der Waals surface area contributed by atoms with Crippen molar-refractivity contribution in [1.29, 1.82) is 0 Å². The van der Waals surface area contributed by atoms with Crippen molar-refractivity contribution in [3.05, 3.63) is 17.5 Å². The van der Waals surface area contributed by atoms with E-state index in [0.29, 0.717) is 11.6 Å². The molecule has 2 heterocycles. The average molecular weight is 236 g/mol. The van der Waals surface area contributed by atoms with Gasteiger partial charge in [-0.1, -0.05) is 0 Å². The van der Waals surface area contributed by atoms with Crippen molar-refractivity contribution < 1.29 is 4.79 Å². The van der Waals surface area contributed by atoms with E-state index in [1.165, 1.54) is 0 Å². The van der Waals surface area contributed by atoms with Crippen LogP contribution in [0.25, 0.3) is 0 Å². The van der Waals surface area contributed by atoms with Crippen molar-refractivity contribution >= 4 is 5.91 Å². The van der Waals surface area contributed by atoms with Gasteiger partial charge in [0, 0.05) is 18.8 Å². The Morgan fingerprint density at radius 1 is 1.59 bits per heavy atom. The number of carbonyl (C=O) groups excluding carboxylic acids is 1. The van der Waals surface area contributed by atoms with E-state index in [2.05, 4.69) is 15.5 Å². The first-order valence-corrected chi connectivity index (χ1v) is 6.16. The summed E-state index contributed by atoms with van der Waals surface area (Å²) in [6, 6.07) is 1.81. The van der Waals surface area contributed by atoms with Crippen LogP contribution in [0.15, 0.2) is 6.07 Å². The number of hydrogen-bond donors (Lipinski definition) is 2. The van der Waals surface area contributed by atoms with Gasteiger partial charge < -0.3 is 10.2 Å². The monoisotopic (exact) mass is 236 g/mol. The standard InChI is InChI=1S/C12H20N4O/c1-9-7-11(15-14-9)12(17)16-5-3-10(4-6-16)8-13-2/h7,10,13H,3-6,8H2,1-2H3,(H,14,15). The number of aromatic nitrogens is 2. The Kier molecular flexibility index (Phi) is 3.78. The van der Waals surface area contributed by atoms with Gasteiger partial charge in [0.1, 0.15) is 5.69 Å². The number of aryl methyl sites for hydroxylation is 1. The summed E-state index contributed by atoms with van der Waals surface area (Å²) in [7, 11) is 1.98. The van der Waals surface area contributed by atoms with Crippen LogP contribution in [0.4, 0.5) is 0 Å². The predicted molar refractivity (Wildman–Crippen MR) is 65.9 cm³/mol. The molecule has 1 aromatic rings. The van der Waals surface area contributed by atoms with Crippen LogP contribution in [0.2, 0.25) is 0 Å². The van der Waals surface area contributed by atoms with Crippen LogP contribution in [0.1, 0.15) is 29.0 Å². The van der Waals surface area contributed by atoms with Crippen LogP contribution in [0.3, 0.4) is 0 Å². The summed E-state index contributed by atoms with van der Waals surface area (Å²) in [4.78, 5) is 14.0. The highest BCUT2D eigenvalue weighted by atomic mass is 16.2. The lowest BCUT2D eigenvalue weighted by molar-refractivity contribution is 0.0685. The van der Waals surface area contributed by atoms with E-state index in [9.17, 15) is 4.79 Å². The molecule has 94 valence electrons. The number of H-pyrrole nitrogens is 1. The largest absolute Gasteiger partial charge is 0.337 e. The number of nitrogens with one attached hydrogen (secondary N) is 2. The first kappa shape index (κ1) is 12.1. The SMILES string of the molecule is CNCC1CCN(C(=O)c2cc(C)[nH]n2)CC1. The molecule has 2 N–H and O–H groups in total. The summed E-state index contributed by atoms with van der Waals surface area (Å²) in [5.74, 6) is 0.752. The van der Waals surface area contributed by atoms with Crippen molar-refractivity contribution in [2.45, 2.75) is 19.8 Å². The zero-order valence-corrected chi connectivity index (χ0v) is 10.5. The van der Waals surface area contributed by atoms with Crippen LogP contribution < -0.4 is 5.32 Å². The quantitative estimate of drug-likeness (QED) is 0.815. The number of nitrogens with zero attached hydrogens (tertiary/aromatic N) is 2. The van der Waals surface area contributed by atoms with Crippen LogP contribution in [0.5, 0.6) is 0 Å². The molecule has 1 aliphatic rings. The molecule has 0 radical (unpaired) electrons. The fraction of sp³-hybridized carbons (Fsp3) is 0.667. The van der Waals surface area contributed by atoms with Gasteiger partial charge in [-0.05, 0) is 45.3 Å². The topological polar surface area (TPSA) is 61.0 Å². The van der Waals surface area contributed by atoms with Gasteiger partial charge in [0.25, 0.3) is 5.91 Å². The molecule has 1 fully saturated rings. The van der Waals surface area contributed by atoms with Gasteiger partial charge in [-0.3, -0.25) is 9.89 Å². The molecule has 5 nitrogen and oxygen atoms in total. The molecule has 1 aliphatic heterocycles. The molecule has 0 unspecified atom stereocenters. The van der Waals surface area contributed by atoms with Crippen LogP contribution in [0, 0.1) is 12.8 Å². The van der Waals surface area contributed by atoms with E-state index in [1.807, 2.05) is 24.9 Å². The maximum absolute atomic E-state index is 12.1.